The molecule has 2 aliphatic rings. The average Bonchev–Trinajstić information content (AvgIpc) is 3.03. The van der Waals surface area contributed by atoms with E-state index in [2.05, 4.69) is 4.90 Å². The number of carbonyl (C=O) groups is 1. The van der Waals surface area contributed by atoms with E-state index in [4.69, 9.17) is 14.2 Å². The highest BCUT2D eigenvalue weighted by Gasteiger charge is 2.44. The van der Waals surface area contributed by atoms with Crippen LogP contribution in [0.5, 0.6) is 5.75 Å². The predicted molar refractivity (Wildman–Crippen MR) is 94.7 cm³/mol. The number of hydrogen-bond donors (Lipinski definition) is 0. The molecule has 1 aliphatic heterocycles. The van der Waals surface area contributed by atoms with E-state index in [1.165, 1.54) is 0 Å². The zero-order valence-electron chi connectivity index (χ0n) is 15.1. The van der Waals surface area contributed by atoms with Gasteiger partial charge in [0, 0.05) is 13.1 Å². The minimum atomic E-state index is -0.0170. The van der Waals surface area contributed by atoms with Gasteiger partial charge < -0.3 is 24.0 Å². The Morgan fingerprint density at radius 3 is 2.84 bits per heavy atom. The maximum Gasteiger partial charge on any atom is 0.260 e. The lowest BCUT2D eigenvalue weighted by molar-refractivity contribution is -0.153. The van der Waals surface area contributed by atoms with Gasteiger partial charge in [-0.25, -0.2) is 0 Å². The van der Waals surface area contributed by atoms with Crippen LogP contribution in [0.3, 0.4) is 0 Å². The van der Waals surface area contributed by atoms with Crippen molar-refractivity contribution in [3.8, 4) is 5.75 Å². The van der Waals surface area contributed by atoms with Crippen molar-refractivity contribution in [2.24, 2.45) is 0 Å². The van der Waals surface area contributed by atoms with Crippen LogP contribution in [0.15, 0.2) is 30.3 Å². The van der Waals surface area contributed by atoms with Gasteiger partial charge >= 0.3 is 0 Å². The van der Waals surface area contributed by atoms with E-state index >= 15 is 0 Å². The van der Waals surface area contributed by atoms with E-state index in [1.807, 2.05) is 49.3 Å². The smallest absolute Gasteiger partial charge is 0.260 e. The molecule has 0 bridgehead atoms. The summed E-state index contributed by atoms with van der Waals surface area (Å²) in [5.74, 6) is 0.744. The topological polar surface area (TPSA) is 51.2 Å². The largest absolute Gasteiger partial charge is 0.484 e. The predicted octanol–water partition coefficient (Wildman–Crippen LogP) is 1.40. The Hall–Kier alpha value is -1.63. The summed E-state index contributed by atoms with van der Waals surface area (Å²) in [6.07, 6.45) is 1.92. The third-order valence-corrected chi connectivity index (χ3v) is 4.83. The zero-order valence-corrected chi connectivity index (χ0v) is 15.1. The molecular weight excluding hydrogens is 320 g/mol. The Balaban J connectivity index is 1.52. The van der Waals surface area contributed by atoms with Gasteiger partial charge in [0.1, 0.15) is 11.9 Å². The SMILES string of the molecule is CN(C)CCO[C@@H]1CC[C@H]2[C@H]1OCCN2C(=O)COc1ccccc1. The second-order valence-electron chi connectivity index (χ2n) is 6.88. The number of para-hydroxylation sites is 1. The molecule has 6 nitrogen and oxygen atoms in total. The van der Waals surface area contributed by atoms with Crippen molar-refractivity contribution in [2.75, 3.05) is 47.0 Å². The molecule has 6 heteroatoms. The summed E-state index contributed by atoms with van der Waals surface area (Å²) < 4.78 is 17.6. The summed E-state index contributed by atoms with van der Waals surface area (Å²) in [7, 11) is 4.07. The number of morpholine rings is 1. The molecule has 0 unspecified atom stereocenters. The minimum absolute atomic E-state index is 0.0170. The van der Waals surface area contributed by atoms with Crippen LogP contribution < -0.4 is 4.74 Å². The van der Waals surface area contributed by atoms with Crippen LogP contribution in [0.2, 0.25) is 0 Å². The monoisotopic (exact) mass is 348 g/mol. The summed E-state index contributed by atoms with van der Waals surface area (Å²) in [6, 6.07) is 9.55. The molecule has 3 atom stereocenters. The number of benzene rings is 1. The van der Waals surface area contributed by atoms with Crippen molar-refractivity contribution in [2.45, 2.75) is 31.1 Å². The van der Waals surface area contributed by atoms with E-state index in [-0.39, 0.29) is 30.8 Å². The summed E-state index contributed by atoms with van der Waals surface area (Å²) in [5.41, 5.74) is 0. The van der Waals surface area contributed by atoms with Crippen molar-refractivity contribution in [3.05, 3.63) is 30.3 Å². The Kier molecular flexibility index (Phi) is 6.29. The fraction of sp³-hybridized carbons (Fsp3) is 0.632. The molecule has 1 aliphatic carbocycles. The molecule has 0 spiro atoms. The van der Waals surface area contributed by atoms with Gasteiger partial charge in [0.15, 0.2) is 6.61 Å². The van der Waals surface area contributed by atoms with Crippen LogP contribution in [-0.4, -0.2) is 81.0 Å². The molecule has 0 N–H and O–H groups in total. The lowest BCUT2D eigenvalue weighted by Gasteiger charge is -2.39. The van der Waals surface area contributed by atoms with E-state index < -0.39 is 0 Å². The first-order valence-corrected chi connectivity index (χ1v) is 9.00. The number of rotatable bonds is 7. The first-order valence-electron chi connectivity index (χ1n) is 9.00. The lowest BCUT2D eigenvalue weighted by Crippen LogP contribution is -2.55. The van der Waals surface area contributed by atoms with Crippen molar-refractivity contribution in [3.63, 3.8) is 0 Å². The van der Waals surface area contributed by atoms with Gasteiger partial charge in [-0.3, -0.25) is 4.79 Å². The third-order valence-electron chi connectivity index (χ3n) is 4.83. The summed E-state index contributed by atoms with van der Waals surface area (Å²) >= 11 is 0. The van der Waals surface area contributed by atoms with Crippen LogP contribution in [0.25, 0.3) is 0 Å². The summed E-state index contributed by atoms with van der Waals surface area (Å²) in [4.78, 5) is 16.6. The molecule has 0 radical (unpaired) electrons. The van der Waals surface area contributed by atoms with Gasteiger partial charge in [0.05, 0.1) is 25.4 Å². The van der Waals surface area contributed by atoms with Crippen LogP contribution in [0, 0.1) is 0 Å². The number of amides is 1. The molecule has 1 aromatic carbocycles. The maximum absolute atomic E-state index is 12.6. The summed E-state index contributed by atoms with van der Waals surface area (Å²) in [6.45, 7) is 2.84. The summed E-state index contributed by atoms with van der Waals surface area (Å²) in [5, 5.41) is 0. The number of carbonyl (C=O) groups excluding carboxylic acids is 1. The molecule has 1 aromatic rings. The first kappa shape index (κ1) is 18.2. The Morgan fingerprint density at radius 1 is 1.28 bits per heavy atom. The number of ether oxygens (including phenoxy) is 3. The molecule has 3 rings (SSSR count). The first-order chi connectivity index (χ1) is 12.1. The Morgan fingerprint density at radius 2 is 2.08 bits per heavy atom. The van der Waals surface area contributed by atoms with Crippen molar-refractivity contribution >= 4 is 5.91 Å². The second-order valence-corrected chi connectivity index (χ2v) is 6.88. The van der Waals surface area contributed by atoms with Gasteiger partial charge in [-0.15, -0.1) is 0 Å². The normalized spacial score (nSPS) is 25.9. The molecule has 25 heavy (non-hydrogen) atoms. The fourth-order valence-corrected chi connectivity index (χ4v) is 3.54. The average molecular weight is 348 g/mol. The quantitative estimate of drug-likeness (QED) is 0.746. The molecule has 2 fully saturated rings. The van der Waals surface area contributed by atoms with Crippen molar-refractivity contribution in [1.29, 1.82) is 0 Å². The van der Waals surface area contributed by atoms with Crippen LogP contribution >= 0.6 is 0 Å². The molecule has 1 saturated carbocycles. The molecule has 0 aromatic heterocycles. The highest BCUT2D eigenvalue weighted by molar-refractivity contribution is 5.78. The van der Waals surface area contributed by atoms with E-state index in [1.54, 1.807) is 0 Å². The number of nitrogens with zero attached hydrogens (tertiary/aromatic N) is 2. The lowest BCUT2D eigenvalue weighted by atomic mass is 10.1. The van der Waals surface area contributed by atoms with E-state index in [9.17, 15) is 4.79 Å². The third kappa shape index (κ3) is 4.71. The molecule has 138 valence electrons. The van der Waals surface area contributed by atoms with Crippen LogP contribution in [0.1, 0.15) is 12.8 Å². The van der Waals surface area contributed by atoms with Crippen molar-refractivity contribution in [1.82, 2.24) is 9.80 Å². The van der Waals surface area contributed by atoms with Crippen molar-refractivity contribution < 1.29 is 19.0 Å². The maximum atomic E-state index is 12.6. The molecule has 1 heterocycles. The van der Waals surface area contributed by atoms with Gasteiger partial charge in [-0.05, 0) is 39.1 Å². The highest BCUT2D eigenvalue weighted by Crippen LogP contribution is 2.32. The molecular formula is C19H28N2O4. The fourth-order valence-electron chi connectivity index (χ4n) is 3.54. The molecule has 1 amide bonds. The van der Waals surface area contributed by atoms with E-state index in [0.717, 1.165) is 25.1 Å². The van der Waals surface area contributed by atoms with Gasteiger partial charge in [-0.1, -0.05) is 18.2 Å². The van der Waals surface area contributed by atoms with Crippen LogP contribution in [-0.2, 0) is 14.3 Å². The molecule has 1 saturated heterocycles. The Labute approximate surface area is 149 Å². The number of hydrogen-bond acceptors (Lipinski definition) is 5. The van der Waals surface area contributed by atoms with Gasteiger partial charge in [0.2, 0.25) is 0 Å². The zero-order chi connectivity index (χ0) is 17.6. The Bertz CT molecular complexity index is 552. The number of likely N-dealkylation sites (N-methyl/N-ethyl adjacent to an activating group) is 1. The minimum Gasteiger partial charge on any atom is -0.484 e. The van der Waals surface area contributed by atoms with E-state index in [0.29, 0.717) is 19.8 Å². The van der Waals surface area contributed by atoms with Gasteiger partial charge in [0.25, 0.3) is 5.91 Å². The van der Waals surface area contributed by atoms with Gasteiger partial charge in [-0.2, -0.15) is 0 Å². The standard InChI is InChI=1S/C19H28N2O4/c1-20(2)10-12-23-17-9-8-16-19(17)24-13-11-21(16)18(22)14-25-15-6-4-3-5-7-15/h3-7,16-17,19H,8-14H2,1-2H3/t16-,17+,19+/m0/s1. The highest BCUT2D eigenvalue weighted by atomic mass is 16.5. The van der Waals surface area contributed by atoms with Crippen LogP contribution in [0.4, 0.5) is 0 Å². The number of fused-ring (bicyclic) bond motifs is 1. The second kappa shape index (κ2) is 8.65.